The smallest absolute Gasteiger partial charge is 0.126 e. The predicted octanol–water partition coefficient (Wildman–Crippen LogP) is 2.66. The first-order chi connectivity index (χ1) is 7.22. The molecular formula is C11H16FNOS. The summed E-state index contributed by atoms with van der Waals surface area (Å²) in [5.41, 5.74) is 5.99. The van der Waals surface area contributed by atoms with E-state index in [2.05, 4.69) is 0 Å². The van der Waals surface area contributed by atoms with Crippen molar-refractivity contribution in [3.63, 3.8) is 0 Å². The summed E-state index contributed by atoms with van der Waals surface area (Å²) in [5.74, 6) is 0.649. The van der Waals surface area contributed by atoms with Gasteiger partial charge >= 0.3 is 0 Å². The van der Waals surface area contributed by atoms with E-state index in [1.807, 2.05) is 0 Å². The van der Waals surface area contributed by atoms with Crippen molar-refractivity contribution in [1.82, 2.24) is 0 Å². The van der Waals surface area contributed by atoms with Gasteiger partial charge in [-0.05, 0) is 36.8 Å². The van der Waals surface area contributed by atoms with E-state index in [9.17, 15) is 4.39 Å². The minimum absolute atomic E-state index is 0.248. The van der Waals surface area contributed by atoms with Crippen LogP contribution in [0.4, 0.5) is 10.1 Å². The first kappa shape index (κ1) is 12.3. The predicted molar refractivity (Wildman–Crippen MR) is 62.5 cm³/mol. The Morgan fingerprint density at radius 2 is 2.00 bits per heavy atom. The maximum absolute atomic E-state index is 12.9. The van der Waals surface area contributed by atoms with Crippen LogP contribution in [0.3, 0.4) is 0 Å². The number of benzene rings is 1. The van der Waals surface area contributed by atoms with Crippen LogP contribution >= 0.6 is 11.8 Å². The quantitative estimate of drug-likeness (QED) is 0.448. The van der Waals surface area contributed by atoms with E-state index in [0.717, 1.165) is 29.9 Å². The Labute approximate surface area is 93.7 Å². The van der Waals surface area contributed by atoms with Crippen LogP contribution in [0, 0.1) is 5.82 Å². The van der Waals surface area contributed by atoms with Crippen molar-refractivity contribution in [2.45, 2.75) is 24.2 Å². The molecule has 0 bridgehead atoms. The van der Waals surface area contributed by atoms with Crippen molar-refractivity contribution in [3.05, 3.63) is 24.0 Å². The molecule has 84 valence electrons. The number of aliphatic hydroxyl groups is 1. The molecule has 0 heterocycles. The van der Waals surface area contributed by atoms with Crippen molar-refractivity contribution in [2.75, 3.05) is 18.1 Å². The summed E-state index contributed by atoms with van der Waals surface area (Å²) < 4.78 is 12.9. The molecular weight excluding hydrogens is 213 g/mol. The van der Waals surface area contributed by atoms with Gasteiger partial charge in [-0.1, -0.05) is 6.42 Å². The normalized spacial score (nSPS) is 10.5. The van der Waals surface area contributed by atoms with Crippen LogP contribution in [-0.4, -0.2) is 17.5 Å². The van der Waals surface area contributed by atoms with Gasteiger partial charge in [-0.15, -0.1) is 11.8 Å². The number of hydrogen-bond donors (Lipinski definition) is 2. The van der Waals surface area contributed by atoms with Crippen molar-refractivity contribution in [1.29, 1.82) is 0 Å². The molecule has 2 nitrogen and oxygen atoms in total. The number of anilines is 1. The van der Waals surface area contributed by atoms with E-state index >= 15 is 0 Å². The maximum Gasteiger partial charge on any atom is 0.126 e. The summed E-state index contributed by atoms with van der Waals surface area (Å²) in [4.78, 5) is 0.872. The Morgan fingerprint density at radius 3 is 2.67 bits per heavy atom. The van der Waals surface area contributed by atoms with Crippen LogP contribution in [0.15, 0.2) is 23.1 Å². The highest BCUT2D eigenvalue weighted by molar-refractivity contribution is 7.99. The number of rotatable bonds is 6. The third kappa shape index (κ3) is 5.04. The van der Waals surface area contributed by atoms with Gasteiger partial charge in [0.1, 0.15) is 5.82 Å². The standard InChI is InChI=1S/C11H16FNOS/c12-9-6-10(13)8-11(7-9)15-5-3-1-2-4-14/h6-8,14H,1-5,13H2. The van der Waals surface area contributed by atoms with Crippen LogP contribution in [0.25, 0.3) is 0 Å². The van der Waals surface area contributed by atoms with Gasteiger partial charge in [-0.25, -0.2) is 4.39 Å². The molecule has 0 fully saturated rings. The van der Waals surface area contributed by atoms with Gasteiger partial charge in [0.2, 0.25) is 0 Å². The van der Waals surface area contributed by atoms with E-state index in [4.69, 9.17) is 10.8 Å². The van der Waals surface area contributed by atoms with Gasteiger partial charge < -0.3 is 10.8 Å². The zero-order valence-electron chi connectivity index (χ0n) is 8.58. The first-order valence-electron chi connectivity index (χ1n) is 5.02. The number of thioether (sulfide) groups is 1. The van der Waals surface area contributed by atoms with Crippen molar-refractivity contribution >= 4 is 17.4 Å². The molecule has 1 aromatic rings. The third-order valence-electron chi connectivity index (χ3n) is 1.96. The van der Waals surface area contributed by atoms with Crippen LogP contribution < -0.4 is 5.73 Å². The number of aliphatic hydroxyl groups excluding tert-OH is 1. The zero-order valence-corrected chi connectivity index (χ0v) is 9.39. The molecule has 0 saturated heterocycles. The fourth-order valence-corrected chi connectivity index (χ4v) is 2.25. The summed E-state index contributed by atoms with van der Waals surface area (Å²) in [6.07, 6.45) is 2.88. The SMILES string of the molecule is Nc1cc(F)cc(SCCCCCO)c1. The second-order valence-electron chi connectivity index (χ2n) is 3.35. The molecule has 0 atom stereocenters. The lowest BCUT2D eigenvalue weighted by Crippen LogP contribution is -1.89. The molecule has 0 aliphatic carbocycles. The zero-order chi connectivity index (χ0) is 11.1. The van der Waals surface area contributed by atoms with Gasteiger partial charge in [-0.3, -0.25) is 0 Å². The molecule has 0 aliphatic rings. The van der Waals surface area contributed by atoms with Gasteiger partial charge in [0, 0.05) is 17.2 Å². The van der Waals surface area contributed by atoms with E-state index in [1.165, 1.54) is 12.1 Å². The second-order valence-corrected chi connectivity index (χ2v) is 4.52. The van der Waals surface area contributed by atoms with Gasteiger partial charge in [0.25, 0.3) is 0 Å². The number of nitrogen functional groups attached to an aromatic ring is 1. The Kier molecular flexibility index (Phi) is 5.50. The van der Waals surface area contributed by atoms with E-state index < -0.39 is 0 Å². The van der Waals surface area contributed by atoms with Crippen LogP contribution in [0.2, 0.25) is 0 Å². The summed E-state index contributed by atoms with van der Waals surface area (Å²) in [7, 11) is 0. The molecule has 0 amide bonds. The summed E-state index contributed by atoms with van der Waals surface area (Å²) in [6, 6.07) is 4.59. The topological polar surface area (TPSA) is 46.2 Å². The van der Waals surface area contributed by atoms with Crippen LogP contribution in [0.5, 0.6) is 0 Å². The van der Waals surface area contributed by atoms with Gasteiger partial charge in [0.05, 0.1) is 0 Å². The van der Waals surface area contributed by atoms with E-state index in [0.29, 0.717) is 5.69 Å². The number of halogens is 1. The summed E-state index contributed by atoms with van der Waals surface area (Å²) in [5, 5.41) is 8.58. The molecule has 1 rings (SSSR count). The molecule has 4 heteroatoms. The van der Waals surface area contributed by atoms with Crippen molar-refractivity contribution in [2.24, 2.45) is 0 Å². The molecule has 0 saturated carbocycles. The van der Waals surface area contributed by atoms with E-state index in [1.54, 1.807) is 17.8 Å². The lowest BCUT2D eigenvalue weighted by atomic mass is 10.3. The second kappa shape index (κ2) is 6.69. The highest BCUT2D eigenvalue weighted by Crippen LogP contribution is 2.23. The van der Waals surface area contributed by atoms with Crippen molar-refractivity contribution < 1.29 is 9.50 Å². The summed E-state index contributed by atoms with van der Waals surface area (Å²) >= 11 is 1.60. The molecule has 0 aliphatic heterocycles. The Morgan fingerprint density at radius 1 is 1.20 bits per heavy atom. The average Bonchev–Trinajstić information content (AvgIpc) is 2.16. The highest BCUT2D eigenvalue weighted by Gasteiger charge is 1.99. The molecule has 0 unspecified atom stereocenters. The van der Waals surface area contributed by atoms with E-state index in [-0.39, 0.29) is 12.4 Å². The Hall–Kier alpha value is -0.740. The lowest BCUT2D eigenvalue weighted by molar-refractivity contribution is 0.284. The fourth-order valence-electron chi connectivity index (χ4n) is 1.25. The van der Waals surface area contributed by atoms with Crippen LogP contribution in [0.1, 0.15) is 19.3 Å². The molecule has 0 spiro atoms. The molecule has 15 heavy (non-hydrogen) atoms. The van der Waals surface area contributed by atoms with Gasteiger partial charge in [-0.2, -0.15) is 0 Å². The fraction of sp³-hybridized carbons (Fsp3) is 0.455. The lowest BCUT2D eigenvalue weighted by Gasteiger charge is -2.03. The number of unbranched alkanes of at least 4 members (excludes halogenated alkanes) is 2. The minimum Gasteiger partial charge on any atom is -0.399 e. The monoisotopic (exact) mass is 229 g/mol. The van der Waals surface area contributed by atoms with Crippen LogP contribution in [-0.2, 0) is 0 Å². The largest absolute Gasteiger partial charge is 0.399 e. The minimum atomic E-state index is -0.284. The number of nitrogens with two attached hydrogens (primary N) is 1. The molecule has 0 aromatic heterocycles. The average molecular weight is 229 g/mol. The third-order valence-corrected chi connectivity index (χ3v) is 3.03. The molecule has 3 N–H and O–H groups in total. The Balaban J connectivity index is 2.31. The van der Waals surface area contributed by atoms with Crippen molar-refractivity contribution in [3.8, 4) is 0 Å². The summed E-state index contributed by atoms with van der Waals surface area (Å²) in [6.45, 7) is 0.248. The first-order valence-corrected chi connectivity index (χ1v) is 6.00. The molecule has 1 aromatic carbocycles. The maximum atomic E-state index is 12.9. The highest BCUT2D eigenvalue weighted by atomic mass is 32.2. The Bertz CT molecular complexity index is 286. The molecule has 0 radical (unpaired) electrons. The van der Waals surface area contributed by atoms with Gasteiger partial charge in [0.15, 0.2) is 0 Å². The number of hydrogen-bond acceptors (Lipinski definition) is 3.